The van der Waals surface area contributed by atoms with Crippen LogP contribution in [-0.4, -0.2) is 46.0 Å². The zero-order valence-corrected chi connectivity index (χ0v) is 18.3. The van der Waals surface area contributed by atoms with E-state index in [0.717, 1.165) is 6.07 Å². The van der Waals surface area contributed by atoms with Crippen molar-refractivity contribution in [1.82, 2.24) is 15.0 Å². The molecule has 8 nitrogen and oxygen atoms in total. The standard InChI is InChI=1S/C21H26F3N7O/c1-10(2)17-19(32)29-16-11(3)25-20(30-18(16)31(17)4)27-13-8-12(9-13)26-15-7-5-6-14(28-15)21(22,23)24/h5-7,10,12-13,17H,8-9H2,1-4H3,(H,26,28)(H,29,32)(H,25,27,30)/t12-,13+,17-/m0/s1. The Bertz CT molecular complexity index is 1020. The largest absolute Gasteiger partial charge is 0.433 e. The predicted molar refractivity (Wildman–Crippen MR) is 116 cm³/mol. The van der Waals surface area contributed by atoms with Gasteiger partial charge in [-0.05, 0) is 37.8 Å². The van der Waals surface area contributed by atoms with Crippen LogP contribution in [0.25, 0.3) is 0 Å². The van der Waals surface area contributed by atoms with Crippen molar-refractivity contribution in [2.45, 2.75) is 57.9 Å². The van der Waals surface area contributed by atoms with Crippen LogP contribution < -0.4 is 20.9 Å². The maximum atomic E-state index is 12.8. The summed E-state index contributed by atoms with van der Waals surface area (Å²) in [5.74, 6) is 1.38. The number of alkyl halides is 3. The smallest absolute Gasteiger partial charge is 0.367 e. The van der Waals surface area contributed by atoms with Crippen LogP contribution in [0.15, 0.2) is 18.2 Å². The van der Waals surface area contributed by atoms with Crippen LogP contribution in [0.3, 0.4) is 0 Å². The Labute approximate surface area is 184 Å². The lowest BCUT2D eigenvalue weighted by atomic mass is 9.87. The Hall–Kier alpha value is -3.11. The Morgan fingerprint density at radius 2 is 1.81 bits per heavy atom. The van der Waals surface area contributed by atoms with E-state index >= 15 is 0 Å². The van der Waals surface area contributed by atoms with Gasteiger partial charge < -0.3 is 20.9 Å². The Morgan fingerprint density at radius 1 is 1.12 bits per heavy atom. The van der Waals surface area contributed by atoms with Crippen molar-refractivity contribution in [2.75, 3.05) is 27.9 Å². The molecule has 32 heavy (non-hydrogen) atoms. The van der Waals surface area contributed by atoms with E-state index in [1.54, 1.807) is 0 Å². The lowest BCUT2D eigenvalue weighted by Gasteiger charge is -2.38. The lowest BCUT2D eigenvalue weighted by molar-refractivity contribution is -0.141. The number of hydrogen-bond donors (Lipinski definition) is 3. The maximum Gasteiger partial charge on any atom is 0.433 e. The van der Waals surface area contributed by atoms with Gasteiger partial charge in [-0.15, -0.1) is 0 Å². The fourth-order valence-corrected chi connectivity index (χ4v) is 4.20. The van der Waals surface area contributed by atoms with Crippen LogP contribution in [0.5, 0.6) is 0 Å². The number of fused-ring (bicyclic) bond motifs is 1. The van der Waals surface area contributed by atoms with E-state index in [4.69, 9.17) is 0 Å². The Balaban J connectivity index is 1.40. The molecule has 0 aromatic carbocycles. The highest BCUT2D eigenvalue weighted by Crippen LogP contribution is 2.35. The highest BCUT2D eigenvalue weighted by molar-refractivity contribution is 6.03. The lowest BCUT2D eigenvalue weighted by Crippen LogP contribution is -2.50. The van der Waals surface area contributed by atoms with Crippen LogP contribution in [0.2, 0.25) is 0 Å². The summed E-state index contributed by atoms with van der Waals surface area (Å²) < 4.78 is 38.5. The highest BCUT2D eigenvalue weighted by atomic mass is 19.4. The molecule has 0 spiro atoms. The molecule has 3 N–H and O–H groups in total. The van der Waals surface area contributed by atoms with Gasteiger partial charge in [-0.3, -0.25) is 4.79 Å². The molecule has 2 aliphatic rings. The maximum absolute atomic E-state index is 12.8. The van der Waals surface area contributed by atoms with E-state index in [-0.39, 0.29) is 35.8 Å². The summed E-state index contributed by atoms with van der Waals surface area (Å²) in [4.78, 5) is 27.1. The van der Waals surface area contributed by atoms with E-state index in [1.165, 1.54) is 12.1 Å². The SMILES string of the molecule is Cc1nc(N[C@H]2C[C@@H](Nc3cccc(C(F)(F)F)n3)C2)nc2c1NC(=O)[C@H](C(C)C)N2C. The molecule has 1 atom stereocenters. The second-order valence-electron chi connectivity index (χ2n) is 8.68. The number of hydrogen-bond acceptors (Lipinski definition) is 7. The average molecular weight is 449 g/mol. The van der Waals surface area contributed by atoms with Gasteiger partial charge in [-0.1, -0.05) is 19.9 Å². The molecule has 3 heterocycles. The van der Waals surface area contributed by atoms with Crippen LogP contribution in [0, 0.1) is 12.8 Å². The third kappa shape index (κ3) is 4.28. The van der Waals surface area contributed by atoms with Crippen LogP contribution in [0.4, 0.5) is 36.4 Å². The van der Waals surface area contributed by atoms with Gasteiger partial charge in [0.2, 0.25) is 11.9 Å². The molecule has 2 aromatic heterocycles. The van der Waals surface area contributed by atoms with Crippen molar-refractivity contribution in [2.24, 2.45) is 5.92 Å². The number of aromatic nitrogens is 3. The number of amides is 1. The topological polar surface area (TPSA) is 95.1 Å². The number of anilines is 4. The number of aryl methyl sites for hydroxylation is 1. The number of nitrogens with zero attached hydrogens (tertiary/aromatic N) is 4. The molecule has 1 aliphatic heterocycles. The van der Waals surface area contributed by atoms with Crippen molar-refractivity contribution in [3.63, 3.8) is 0 Å². The van der Waals surface area contributed by atoms with Gasteiger partial charge in [0.25, 0.3) is 0 Å². The fourth-order valence-electron chi connectivity index (χ4n) is 4.20. The molecule has 11 heteroatoms. The van der Waals surface area contributed by atoms with Crippen molar-refractivity contribution in [3.05, 3.63) is 29.6 Å². The van der Waals surface area contributed by atoms with Gasteiger partial charge in [0, 0.05) is 19.1 Å². The van der Waals surface area contributed by atoms with E-state index in [2.05, 4.69) is 30.9 Å². The summed E-state index contributed by atoms with van der Waals surface area (Å²) in [6.07, 6.45) is -3.08. The quantitative estimate of drug-likeness (QED) is 0.641. The van der Waals surface area contributed by atoms with Gasteiger partial charge in [0.15, 0.2) is 5.82 Å². The fraction of sp³-hybridized carbons (Fsp3) is 0.524. The third-order valence-electron chi connectivity index (χ3n) is 5.83. The number of pyridine rings is 1. The molecule has 172 valence electrons. The van der Waals surface area contributed by atoms with E-state index in [9.17, 15) is 18.0 Å². The Kier molecular flexibility index (Phi) is 5.59. The first kappa shape index (κ1) is 22.1. The van der Waals surface area contributed by atoms with Gasteiger partial charge in [0.05, 0.1) is 5.69 Å². The van der Waals surface area contributed by atoms with Gasteiger partial charge in [-0.25, -0.2) is 9.97 Å². The first-order valence-corrected chi connectivity index (χ1v) is 10.5. The van der Waals surface area contributed by atoms with Crippen LogP contribution in [-0.2, 0) is 11.0 Å². The summed E-state index contributed by atoms with van der Waals surface area (Å²) in [7, 11) is 1.85. The molecular weight excluding hydrogens is 423 g/mol. The second-order valence-corrected chi connectivity index (χ2v) is 8.68. The summed E-state index contributed by atoms with van der Waals surface area (Å²) in [6, 6.07) is 3.60. The summed E-state index contributed by atoms with van der Waals surface area (Å²) >= 11 is 0. The zero-order chi connectivity index (χ0) is 23.2. The summed E-state index contributed by atoms with van der Waals surface area (Å²) in [5.41, 5.74) is 0.371. The second kappa shape index (κ2) is 8.10. The summed E-state index contributed by atoms with van der Waals surface area (Å²) in [5, 5.41) is 9.26. The number of carbonyl (C=O) groups is 1. The normalized spacial score (nSPS) is 22.8. The first-order valence-electron chi connectivity index (χ1n) is 10.5. The van der Waals surface area contributed by atoms with E-state index < -0.39 is 11.9 Å². The minimum atomic E-state index is -4.47. The molecule has 1 fully saturated rings. The average Bonchev–Trinajstić information content (AvgIpc) is 2.66. The predicted octanol–water partition coefficient (Wildman–Crippen LogP) is 3.67. The number of likely N-dealkylation sites (N-methyl/N-ethyl adjacent to an activating group) is 1. The minimum absolute atomic E-state index is 0.00879. The molecule has 1 saturated carbocycles. The zero-order valence-electron chi connectivity index (χ0n) is 18.3. The first-order chi connectivity index (χ1) is 15.0. The molecule has 4 rings (SSSR count). The van der Waals surface area contributed by atoms with Gasteiger partial charge >= 0.3 is 6.18 Å². The van der Waals surface area contributed by atoms with Gasteiger partial charge in [-0.2, -0.15) is 18.2 Å². The number of halogens is 3. The summed E-state index contributed by atoms with van der Waals surface area (Å²) in [6.45, 7) is 5.79. The van der Waals surface area contributed by atoms with Crippen LogP contribution >= 0.6 is 0 Å². The molecule has 0 bridgehead atoms. The molecular formula is C21H26F3N7O. The van der Waals surface area contributed by atoms with E-state index in [1.807, 2.05) is 32.7 Å². The van der Waals surface area contributed by atoms with Crippen molar-refractivity contribution in [1.29, 1.82) is 0 Å². The molecule has 0 radical (unpaired) electrons. The number of carbonyl (C=O) groups excluding carboxylic acids is 1. The van der Waals surface area contributed by atoms with Crippen molar-refractivity contribution >= 4 is 29.2 Å². The van der Waals surface area contributed by atoms with E-state index in [0.29, 0.717) is 36.0 Å². The molecule has 0 unspecified atom stereocenters. The molecule has 1 amide bonds. The van der Waals surface area contributed by atoms with Crippen LogP contribution in [0.1, 0.15) is 38.1 Å². The third-order valence-corrected chi connectivity index (χ3v) is 5.83. The number of nitrogens with one attached hydrogen (secondary N) is 3. The monoisotopic (exact) mass is 449 g/mol. The number of rotatable bonds is 5. The molecule has 2 aromatic rings. The molecule has 1 aliphatic carbocycles. The van der Waals surface area contributed by atoms with Gasteiger partial charge in [0.1, 0.15) is 23.2 Å². The van der Waals surface area contributed by atoms with Crippen molar-refractivity contribution < 1.29 is 18.0 Å². The highest BCUT2D eigenvalue weighted by Gasteiger charge is 2.37. The minimum Gasteiger partial charge on any atom is -0.367 e. The Morgan fingerprint density at radius 3 is 2.47 bits per heavy atom. The molecule has 0 saturated heterocycles. The van der Waals surface area contributed by atoms with Crippen molar-refractivity contribution in [3.8, 4) is 0 Å².